The van der Waals surface area contributed by atoms with Crippen LogP contribution in [0.25, 0.3) is 10.8 Å². The Balaban J connectivity index is 1.31. The highest BCUT2D eigenvalue weighted by atomic mass is 79.9. The summed E-state index contributed by atoms with van der Waals surface area (Å²) in [5.41, 5.74) is 1.62. The normalized spacial score (nSPS) is 17.5. The van der Waals surface area contributed by atoms with Crippen molar-refractivity contribution in [1.82, 2.24) is 0 Å². The van der Waals surface area contributed by atoms with Crippen LogP contribution in [0.2, 0.25) is 0 Å². The highest BCUT2D eigenvalue weighted by molar-refractivity contribution is 9.10. The first-order valence-corrected chi connectivity index (χ1v) is 11.0. The third kappa shape index (κ3) is 3.29. The van der Waals surface area contributed by atoms with E-state index in [1.165, 1.54) is 0 Å². The van der Waals surface area contributed by atoms with Gasteiger partial charge in [-0.15, -0.1) is 0 Å². The predicted octanol–water partition coefficient (Wildman–Crippen LogP) is 5.01. The molecule has 0 saturated carbocycles. The van der Waals surface area contributed by atoms with E-state index >= 15 is 0 Å². The van der Waals surface area contributed by atoms with E-state index in [2.05, 4.69) is 34.1 Å². The number of carbonyl (C=O) groups excluding carboxylic acids is 1. The summed E-state index contributed by atoms with van der Waals surface area (Å²) in [5.74, 6) is -0.602. The first kappa shape index (κ1) is 19.5. The zero-order chi connectivity index (χ0) is 20.6. The average molecular weight is 468 g/mol. The number of halogens is 1. The van der Waals surface area contributed by atoms with Gasteiger partial charge in [0.2, 0.25) is 0 Å². The van der Waals surface area contributed by atoms with Gasteiger partial charge in [-0.2, -0.15) is 0 Å². The van der Waals surface area contributed by atoms with Crippen molar-refractivity contribution in [3.8, 4) is 5.75 Å². The van der Waals surface area contributed by atoms with Gasteiger partial charge in [0.15, 0.2) is 0 Å². The number of carbonyl (C=O) groups is 1. The molecule has 0 bridgehead atoms. The molecule has 5 rings (SSSR count). The Kier molecular flexibility index (Phi) is 5.23. The van der Waals surface area contributed by atoms with Gasteiger partial charge in [0.1, 0.15) is 5.75 Å². The summed E-state index contributed by atoms with van der Waals surface area (Å²) in [6.45, 7) is 2.07. The number of rotatable bonds is 5. The molecular formula is C24H22BrNO4. The van der Waals surface area contributed by atoms with Crippen molar-refractivity contribution in [2.45, 2.75) is 18.6 Å². The third-order valence-electron chi connectivity index (χ3n) is 5.56. The van der Waals surface area contributed by atoms with Gasteiger partial charge in [0.05, 0.1) is 25.5 Å². The standard InChI is InChI=1S/C24H22BrNO4/c25-18-10-11-21-20(16-18)24(29-14-5-15-30-24)23(27)26(21)12-4-13-28-22-9-3-7-17-6-1-2-8-19(17)22/h1-3,6-11,16H,4-5,12-15H2. The predicted molar refractivity (Wildman–Crippen MR) is 119 cm³/mol. The molecule has 0 aromatic heterocycles. The lowest BCUT2D eigenvalue weighted by atomic mass is 10.1. The lowest BCUT2D eigenvalue weighted by molar-refractivity contribution is -0.256. The van der Waals surface area contributed by atoms with Gasteiger partial charge in [-0.25, -0.2) is 0 Å². The van der Waals surface area contributed by atoms with Crippen LogP contribution in [-0.4, -0.2) is 32.3 Å². The summed E-state index contributed by atoms with van der Waals surface area (Å²) in [5, 5.41) is 2.24. The second kappa shape index (κ2) is 8.02. The van der Waals surface area contributed by atoms with Gasteiger partial charge in [-0.1, -0.05) is 52.3 Å². The number of ether oxygens (including phenoxy) is 3. The van der Waals surface area contributed by atoms with E-state index in [0.29, 0.717) is 32.8 Å². The largest absolute Gasteiger partial charge is 0.493 e. The molecule has 2 aliphatic rings. The van der Waals surface area contributed by atoms with E-state index in [1.807, 2.05) is 42.5 Å². The number of nitrogens with zero attached hydrogens (tertiary/aromatic N) is 1. The molecule has 0 N–H and O–H groups in total. The van der Waals surface area contributed by atoms with Crippen LogP contribution >= 0.6 is 15.9 Å². The minimum absolute atomic E-state index is 0.152. The zero-order valence-corrected chi connectivity index (χ0v) is 18.1. The molecule has 154 valence electrons. The maximum absolute atomic E-state index is 13.3. The van der Waals surface area contributed by atoms with Crippen molar-refractivity contribution in [3.63, 3.8) is 0 Å². The molecule has 0 radical (unpaired) electrons. The Labute approximate surface area is 183 Å². The fourth-order valence-electron chi connectivity index (χ4n) is 4.17. The van der Waals surface area contributed by atoms with Crippen molar-refractivity contribution in [1.29, 1.82) is 0 Å². The maximum Gasteiger partial charge on any atom is 0.292 e. The van der Waals surface area contributed by atoms with Crippen molar-refractivity contribution in [2.24, 2.45) is 0 Å². The number of anilines is 1. The van der Waals surface area contributed by atoms with Gasteiger partial charge in [-0.3, -0.25) is 4.79 Å². The van der Waals surface area contributed by atoms with Crippen LogP contribution in [0.5, 0.6) is 5.75 Å². The first-order chi connectivity index (χ1) is 14.7. The second-order valence-electron chi connectivity index (χ2n) is 7.46. The van der Waals surface area contributed by atoms with Crippen LogP contribution in [0.15, 0.2) is 65.1 Å². The molecule has 0 aliphatic carbocycles. The smallest absolute Gasteiger partial charge is 0.292 e. The Bertz CT molecular complexity index is 1090. The molecule has 30 heavy (non-hydrogen) atoms. The van der Waals surface area contributed by atoms with Gasteiger partial charge in [-0.05, 0) is 42.5 Å². The van der Waals surface area contributed by atoms with Crippen LogP contribution < -0.4 is 9.64 Å². The van der Waals surface area contributed by atoms with Gasteiger partial charge in [0, 0.05) is 22.0 Å². The Morgan fingerprint density at radius 3 is 2.70 bits per heavy atom. The van der Waals surface area contributed by atoms with Crippen molar-refractivity contribution in [3.05, 3.63) is 70.7 Å². The molecule has 1 fully saturated rings. The molecular weight excluding hydrogens is 446 g/mol. The van der Waals surface area contributed by atoms with Crippen LogP contribution in [0, 0.1) is 0 Å². The number of hydrogen-bond acceptors (Lipinski definition) is 4. The number of fused-ring (bicyclic) bond motifs is 3. The molecule has 0 atom stereocenters. The SMILES string of the molecule is O=C1N(CCCOc2cccc3ccccc23)c2ccc(Br)cc2C12OCCCO2. The van der Waals surface area contributed by atoms with Crippen molar-refractivity contribution < 1.29 is 19.0 Å². The zero-order valence-electron chi connectivity index (χ0n) is 16.5. The first-order valence-electron chi connectivity index (χ1n) is 10.2. The average Bonchev–Trinajstić information content (AvgIpc) is 2.99. The van der Waals surface area contributed by atoms with E-state index < -0.39 is 5.79 Å². The second-order valence-corrected chi connectivity index (χ2v) is 8.38. The van der Waals surface area contributed by atoms with E-state index in [9.17, 15) is 4.79 Å². The Hall–Kier alpha value is -2.41. The van der Waals surface area contributed by atoms with E-state index in [0.717, 1.165) is 38.7 Å². The van der Waals surface area contributed by atoms with Crippen LogP contribution in [0.3, 0.4) is 0 Å². The summed E-state index contributed by atoms with van der Waals surface area (Å²) >= 11 is 3.50. The topological polar surface area (TPSA) is 48.0 Å². The molecule has 2 aliphatic heterocycles. The van der Waals surface area contributed by atoms with E-state index in [1.54, 1.807) is 4.90 Å². The monoisotopic (exact) mass is 467 g/mol. The van der Waals surface area contributed by atoms with E-state index in [-0.39, 0.29) is 5.91 Å². The van der Waals surface area contributed by atoms with Crippen molar-refractivity contribution in [2.75, 3.05) is 31.3 Å². The van der Waals surface area contributed by atoms with Gasteiger partial charge >= 0.3 is 0 Å². The lowest BCUT2D eigenvalue weighted by Gasteiger charge is -2.32. The highest BCUT2D eigenvalue weighted by Crippen LogP contribution is 2.46. The molecule has 1 amide bonds. The molecule has 3 aromatic carbocycles. The van der Waals surface area contributed by atoms with Crippen molar-refractivity contribution >= 4 is 38.3 Å². The van der Waals surface area contributed by atoms with Crippen LogP contribution in [0.1, 0.15) is 18.4 Å². The molecule has 6 heteroatoms. The summed E-state index contributed by atoms with van der Waals surface area (Å²) < 4.78 is 18.8. The highest BCUT2D eigenvalue weighted by Gasteiger charge is 2.54. The number of benzene rings is 3. The quantitative estimate of drug-likeness (QED) is 0.495. The summed E-state index contributed by atoms with van der Waals surface area (Å²) in [7, 11) is 0. The van der Waals surface area contributed by atoms with Crippen LogP contribution in [-0.2, 0) is 20.1 Å². The minimum atomic E-state index is -1.31. The molecule has 0 unspecified atom stereocenters. The van der Waals surface area contributed by atoms with Crippen LogP contribution in [0.4, 0.5) is 5.69 Å². The number of hydrogen-bond donors (Lipinski definition) is 0. The molecule has 5 nitrogen and oxygen atoms in total. The lowest BCUT2D eigenvalue weighted by Crippen LogP contribution is -2.47. The summed E-state index contributed by atoms with van der Waals surface area (Å²) in [6, 6.07) is 20.0. The maximum atomic E-state index is 13.3. The van der Waals surface area contributed by atoms with Gasteiger partial charge in [0.25, 0.3) is 11.7 Å². The third-order valence-corrected chi connectivity index (χ3v) is 6.06. The Morgan fingerprint density at radius 1 is 1.03 bits per heavy atom. The molecule has 1 spiro atoms. The molecule has 2 heterocycles. The summed E-state index contributed by atoms with van der Waals surface area (Å²) in [6.07, 6.45) is 1.48. The molecule has 1 saturated heterocycles. The van der Waals surface area contributed by atoms with Gasteiger partial charge < -0.3 is 19.1 Å². The summed E-state index contributed by atoms with van der Waals surface area (Å²) in [4.78, 5) is 15.1. The fraction of sp³-hybridized carbons (Fsp3) is 0.292. The fourth-order valence-corrected chi connectivity index (χ4v) is 4.53. The Morgan fingerprint density at radius 2 is 1.83 bits per heavy atom. The number of amides is 1. The minimum Gasteiger partial charge on any atom is -0.493 e. The van der Waals surface area contributed by atoms with E-state index in [4.69, 9.17) is 14.2 Å². The molecule has 3 aromatic rings.